The summed E-state index contributed by atoms with van der Waals surface area (Å²) in [6, 6.07) is 10.6. The molecule has 0 bridgehead atoms. The highest BCUT2D eigenvalue weighted by atomic mass is 16.5. The van der Waals surface area contributed by atoms with E-state index in [1.54, 1.807) is 24.3 Å². The van der Waals surface area contributed by atoms with Crippen LogP contribution in [0.4, 0.5) is 0 Å². The maximum absolute atomic E-state index is 10.3. The molecule has 0 aliphatic carbocycles. The first-order valence-corrected chi connectivity index (χ1v) is 13.7. The number of aliphatic hydroxyl groups excluding tert-OH is 8. The molecular weight excluding hydrogens is 562 g/mol. The predicted molar refractivity (Wildman–Crippen MR) is 153 cm³/mol. The van der Waals surface area contributed by atoms with Crippen LogP contribution in [0.3, 0.4) is 0 Å². The Morgan fingerprint density at radius 1 is 0.721 bits per heavy atom. The fourth-order valence-corrected chi connectivity index (χ4v) is 5.38. The number of ether oxygens (including phenoxy) is 3. The van der Waals surface area contributed by atoms with Crippen LogP contribution in [0.2, 0.25) is 0 Å². The first kappa shape index (κ1) is 27.5. The minimum Gasteiger partial charge on any atom is -0.394 e. The first-order valence-electron chi connectivity index (χ1n) is 15.2. The Morgan fingerprint density at radius 2 is 1.19 bits per heavy atom. The molecule has 2 fully saturated rings. The summed E-state index contributed by atoms with van der Waals surface area (Å²) in [7, 11) is -2.61. The lowest BCUT2D eigenvalue weighted by atomic mass is 9.95. The van der Waals surface area contributed by atoms with Crippen LogP contribution in [0.1, 0.15) is 15.2 Å². The van der Waals surface area contributed by atoms with Gasteiger partial charge in [0.1, 0.15) is 61.0 Å². The van der Waals surface area contributed by atoms with E-state index in [4.69, 9.17) is 18.3 Å². The molecule has 0 saturated carbocycles. The van der Waals surface area contributed by atoms with Crippen LogP contribution in [-0.2, 0) is 20.8 Å². The van der Waals surface area contributed by atoms with Gasteiger partial charge in [0.15, 0.2) is 0 Å². The summed E-state index contributed by atoms with van der Waals surface area (Å²) in [6.07, 6.45) is -13.7. The topological polar surface area (TPSA) is 194 Å². The van der Waals surface area contributed by atoms with Crippen molar-refractivity contribution < 1.29 is 59.2 Å². The molecule has 10 atom stereocenters. The molecule has 12 nitrogen and oxygen atoms in total. The molecule has 2 saturated heterocycles. The summed E-state index contributed by atoms with van der Waals surface area (Å²) in [5, 5.41) is 81.4. The van der Waals surface area contributed by atoms with Crippen molar-refractivity contribution in [2.45, 2.75) is 67.6 Å². The number of aromatic nitrogens is 1. The van der Waals surface area contributed by atoms with Crippen molar-refractivity contribution in [1.82, 2.24) is 4.57 Å². The number of benzene rings is 2. The monoisotopic (exact) mass is 600 g/mol. The lowest BCUT2D eigenvalue weighted by molar-refractivity contribution is -0.214. The minimum absolute atomic E-state index is 0.131. The fraction of sp³-hybridized carbons (Fsp3) is 0.484. The lowest BCUT2D eigenvalue weighted by Gasteiger charge is -2.37. The fourth-order valence-electron chi connectivity index (χ4n) is 5.38. The maximum Gasteiger partial charge on any atom is 0.147 e. The number of methoxy groups -OCH3 is 1. The molecule has 2 aliphatic rings. The van der Waals surface area contributed by atoms with Gasteiger partial charge in [-0.05, 0) is 24.3 Å². The molecule has 0 amide bonds. The van der Waals surface area contributed by atoms with Crippen molar-refractivity contribution >= 4 is 21.8 Å². The standard InChI is InChI=1S/C31H35NO11/c1-41-11-10-32-20-12-16(4-8-22-26(35)30(39)28(37)24(14-33)42-22)2-6-18(20)19-7-3-17(13-21(19)32)5-9-23-27(36)31(40)29(38)25(15-34)43-23/h2-3,6-7,12-13,22-31,33-40H,10-11,14-15H2,1H3/t22-,23-,24-,25-,26-,27+,28-,29-,30-,31-/m1/s1/i1D3. The van der Waals surface area contributed by atoms with Crippen LogP contribution in [0.25, 0.3) is 21.8 Å². The molecule has 12 heteroatoms. The second-order valence-corrected chi connectivity index (χ2v) is 10.5. The molecule has 0 radical (unpaired) electrons. The van der Waals surface area contributed by atoms with E-state index < -0.39 is 81.3 Å². The Kier molecular flexibility index (Phi) is 8.48. The third-order valence-electron chi connectivity index (χ3n) is 7.79. The number of hydrogen-bond donors (Lipinski definition) is 8. The third kappa shape index (κ3) is 6.14. The highest BCUT2D eigenvalue weighted by Crippen LogP contribution is 2.31. The number of nitrogens with zero attached hydrogens (tertiary/aromatic N) is 1. The van der Waals surface area contributed by atoms with Gasteiger partial charge in [0, 0.05) is 35.5 Å². The van der Waals surface area contributed by atoms with Crippen molar-refractivity contribution in [3.05, 3.63) is 47.5 Å². The van der Waals surface area contributed by atoms with Crippen LogP contribution in [-0.4, -0.2) is 133 Å². The molecule has 2 aliphatic heterocycles. The number of fused-ring (bicyclic) bond motifs is 3. The largest absolute Gasteiger partial charge is 0.394 e. The zero-order chi connectivity index (χ0) is 33.3. The van der Waals surface area contributed by atoms with Gasteiger partial charge in [0.05, 0.1) is 35.0 Å². The predicted octanol–water partition coefficient (Wildman–Crippen LogP) is -2.17. The number of hydrogen-bond acceptors (Lipinski definition) is 11. The van der Waals surface area contributed by atoms with Gasteiger partial charge in [0.25, 0.3) is 0 Å². The van der Waals surface area contributed by atoms with E-state index in [1.165, 1.54) is 0 Å². The normalized spacial score (nSPS) is 34.0. The number of rotatable bonds is 5. The van der Waals surface area contributed by atoms with Crippen LogP contribution in [0, 0.1) is 23.7 Å². The van der Waals surface area contributed by atoms with Crippen molar-refractivity contribution in [2.24, 2.45) is 0 Å². The van der Waals surface area contributed by atoms with Crippen molar-refractivity contribution in [3.63, 3.8) is 0 Å². The Bertz CT molecular complexity index is 1560. The quantitative estimate of drug-likeness (QED) is 0.149. The molecule has 0 unspecified atom stereocenters. The summed E-state index contributed by atoms with van der Waals surface area (Å²) in [4.78, 5) is 0. The molecule has 230 valence electrons. The summed E-state index contributed by atoms with van der Waals surface area (Å²) >= 11 is 0. The smallest absolute Gasteiger partial charge is 0.147 e. The van der Waals surface area contributed by atoms with E-state index in [1.807, 2.05) is 16.7 Å². The average Bonchev–Trinajstić information content (AvgIpc) is 3.33. The summed E-state index contributed by atoms with van der Waals surface area (Å²) < 4.78 is 40.0. The second kappa shape index (κ2) is 13.3. The average molecular weight is 601 g/mol. The van der Waals surface area contributed by atoms with Crippen LogP contribution >= 0.6 is 0 Å². The van der Waals surface area contributed by atoms with Crippen LogP contribution in [0.5, 0.6) is 0 Å². The lowest BCUT2D eigenvalue weighted by Crippen LogP contribution is -2.58. The van der Waals surface area contributed by atoms with Gasteiger partial charge in [-0.15, -0.1) is 0 Å². The zero-order valence-electron chi connectivity index (χ0n) is 25.8. The molecule has 43 heavy (non-hydrogen) atoms. The first-order chi connectivity index (χ1) is 21.8. The van der Waals surface area contributed by atoms with Gasteiger partial charge in [-0.1, -0.05) is 35.8 Å². The molecule has 1 aromatic heterocycles. The summed E-state index contributed by atoms with van der Waals surface area (Å²) in [5.74, 6) is 11.3. The van der Waals surface area contributed by atoms with Crippen molar-refractivity contribution in [1.29, 1.82) is 0 Å². The van der Waals surface area contributed by atoms with E-state index in [0.29, 0.717) is 22.2 Å². The number of aliphatic hydroxyl groups is 8. The Balaban J connectivity index is 1.50. The molecule has 3 heterocycles. The van der Waals surface area contributed by atoms with Gasteiger partial charge in [-0.2, -0.15) is 0 Å². The van der Waals surface area contributed by atoms with E-state index in [2.05, 4.69) is 23.7 Å². The zero-order valence-corrected chi connectivity index (χ0v) is 22.8. The van der Waals surface area contributed by atoms with E-state index >= 15 is 0 Å². The highest BCUT2D eigenvalue weighted by Gasteiger charge is 2.43. The minimum atomic E-state index is -2.61. The van der Waals surface area contributed by atoms with E-state index in [0.717, 1.165) is 10.8 Å². The van der Waals surface area contributed by atoms with Gasteiger partial charge in [-0.25, -0.2) is 0 Å². The van der Waals surface area contributed by atoms with Crippen LogP contribution < -0.4 is 0 Å². The maximum atomic E-state index is 10.3. The molecule has 3 aromatic rings. The Morgan fingerprint density at radius 3 is 1.60 bits per heavy atom. The van der Waals surface area contributed by atoms with E-state index in [9.17, 15) is 40.9 Å². The van der Waals surface area contributed by atoms with Gasteiger partial charge in [-0.3, -0.25) is 0 Å². The molecule has 0 spiro atoms. The van der Waals surface area contributed by atoms with Crippen molar-refractivity contribution in [3.8, 4) is 23.7 Å². The van der Waals surface area contributed by atoms with Crippen molar-refractivity contribution in [2.75, 3.05) is 26.9 Å². The molecule has 2 aromatic carbocycles. The van der Waals surface area contributed by atoms with Crippen LogP contribution in [0.15, 0.2) is 36.4 Å². The van der Waals surface area contributed by atoms with Gasteiger partial charge in [0.2, 0.25) is 0 Å². The summed E-state index contributed by atoms with van der Waals surface area (Å²) in [6.45, 7) is -1.19. The molecule has 5 rings (SSSR count). The Labute approximate surface area is 251 Å². The highest BCUT2D eigenvalue weighted by molar-refractivity contribution is 6.08. The Hall–Kier alpha value is -3.08. The van der Waals surface area contributed by atoms with Gasteiger partial charge < -0.3 is 59.6 Å². The summed E-state index contributed by atoms with van der Waals surface area (Å²) in [5.41, 5.74) is 2.33. The third-order valence-corrected chi connectivity index (χ3v) is 7.79. The van der Waals surface area contributed by atoms with E-state index in [-0.39, 0.29) is 13.2 Å². The second-order valence-electron chi connectivity index (χ2n) is 10.5. The molecule has 8 N–H and O–H groups in total. The SMILES string of the molecule is [2H]C([2H])([2H])OCCn1c2cc(C#C[C@H]3O[C@H](CO)[C@@H](O)[C@H](O)[C@H]3O)ccc2c2ccc(C#C[C@H]3O[C@H](CO)[C@@H](O)[C@H](O)[C@@H]3O)cc21. The molecular formula is C31H35NO11. The van der Waals surface area contributed by atoms with Gasteiger partial charge >= 0.3 is 0 Å².